The minimum absolute atomic E-state index is 0.722. The van der Waals surface area contributed by atoms with Crippen LogP contribution in [0.5, 0.6) is 0 Å². The van der Waals surface area contributed by atoms with Crippen LogP contribution in [-0.2, 0) is 6.54 Å². The zero-order chi connectivity index (χ0) is 28.8. The van der Waals surface area contributed by atoms with E-state index in [4.69, 9.17) is 10.5 Å². The Kier molecular flexibility index (Phi) is 9.54. The Labute approximate surface area is 257 Å². The van der Waals surface area contributed by atoms with Crippen molar-refractivity contribution in [1.82, 2.24) is 4.57 Å². The number of nitrogens with zero attached hydrogens (tertiary/aromatic N) is 3. The van der Waals surface area contributed by atoms with Crippen LogP contribution in [0.15, 0.2) is 47.5 Å². The first-order chi connectivity index (χ1) is 20.0. The summed E-state index contributed by atoms with van der Waals surface area (Å²) in [4.78, 5) is 7.10. The van der Waals surface area contributed by atoms with Gasteiger partial charge in [-0.2, -0.15) is 10.5 Å². The Morgan fingerprint density at radius 1 is 0.659 bits per heavy atom. The van der Waals surface area contributed by atoms with Crippen molar-refractivity contribution in [2.24, 2.45) is 0 Å². The van der Waals surface area contributed by atoms with E-state index in [-0.39, 0.29) is 0 Å². The van der Waals surface area contributed by atoms with Crippen molar-refractivity contribution in [3.05, 3.63) is 76.8 Å². The van der Waals surface area contributed by atoms with Gasteiger partial charge in [-0.05, 0) is 93.1 Å². The molecule has 0 spiro atoms. The lowest BCUT2D eigenvalue weighted by atomic mass is 10.2. The summed E-state index contributed by atoms with van der Waals surface area (Å²) in [6, 6.07) is 17.5. The summed E-state index contributed by atoms with van der Waals surface area (Å²) >= 11 is 7.14. The molecule has 5 rings (SSSR count). The van der Waals surface area contributed by atoms with Crippen LogP contribution in [-0.4, -0.2) is 4.57 Å². The normalized spacial score (nSPS) is 12.8. The molecule has 0 fully saturated rings. The summed E-state index contributed by atoms with van der Waals surface area (Å²) in [5.74, 6) is 0. The predicted molar refractivity (Wildman–Crippen MR) is 184 cm³/mol. The minimum atomic E-state index is 0.722. The second kappa shape index (κ2) is 13.5. The Morgan fingerprint density at radius 2 is 1.12 bits per heavy atom. The molecule has 5 heterocycles. The van der Waals surface area contributed by atoms with Gasteiger partial charge in [-0.3, -0.25) is 0 Å². The maximum Gasteiger partial charge on any atom is 0.0944 e. The molecule has 0 aliphatic heterocycles. The van der Waals surface area contributed by atoms with E-state index >= 15 is 0 Å². The largest absolute Gasteiger partial charge is 0.339 e. The molecule has 7 heteroatoms. The highest BCUT2D eigenvalue weighted by atomic mass is 32.1. The van der Waals surface area contributed by atoms with E-state index in [1.54, 1.807) is 22.7 Å². The van der Waals surface area contributed by atoms with E-state index in [0.717, 1.165) is 27.4 Å². The van der Waals surface area contributed by atoms with Gasteiger partial charge >= 0.3 is 0 Å². The van der Waals surface area contributed by atoms with Gasteiger partial charge in [-0.1, -0.05) is 26.2 Å². The Morgan fingerprint density at radius 3 is 1.59 bits per heavy atom. The third-order valence-corrected chi connectivity index (χ3v) is 11.0. The van der Waals surface area contributed by atoms with Crippen molar-refractivity contribution in [1.29, 1.82) is 10.5 Å². The molecule has 5 aromatic rings. The first kappa shape index (κ1) is 29.0. The van der Waals surface area contributed by atoms with Crippen molar-refractivity contribution in [2.45, 2.75) is 53.0 Å². The van der Waals surface area contributed by atoms with E-state index in [1.807, 2.05) is 48.7 Å². The molecule has 206 valence electrons. The van der Waals surface area contributed by atoms with Gasteiger partial charge in [0.05, 0.1) is 32.6 Å². The third kappa shape index (κ3) is 7.07. The van der Waals surface area contributed by atoms with Gasteiger partial charge in [0.2, 0.25) is 0 Å². The van der Waals surface area contributed by atoms with Crippen LogP contribution < -0.4 is 0 Å². The lowest BCUT2D eigenvalue weighted by Gasteiger charge is -2.05. The van der Waals surface area contributed by atoms with Gasteiger partial charge in [0.1, 0.15) is 0 Å². The molecule has 5 aromatic heterocycles. The van der Waals surface area contributed by atoms with Crippen LogP contribution in [0.2, 0.25) is 0 Å². The Hall–Kier alpha value is -3.46. The zero-order valence-electron chi connectivity index (χ0n) is 23.4. The smallest absolute Gasteiger partial charge is 0.0944 e. The molecule has 0 radical (unpaired) electrons. The SMILES string of the molecule is CCCCCCn1c2cc(/C=C/c3ccc(/C=C(/C)C#N)s3)sc2c2sc(/C=C/c3ccc(/C=C(/C)C#N)s3)cc21. The lowest BCUT2D eigenvalue weighted by molar-refractivity contribution is 0.602. The number of fused-ring (bicyclic) bond motifs is 3. The fraction of sp³-hybridized carbons (Fsp3) is 0.235. The summed E-state index contributed by atoms with van der Waals surface area (Å²) < 4.78 is 5.27. The van der Waals surface area contributed by atoms with Crippen LogP contribution in [0, 0.1) is 22.7 Å². The molecule has 0 bridgehead atoms. The number of hydrogen-bond donors (Lipinski definition) is 0. The number of unbranched alkanes of at least 4 members (excludes halogenated alkanes) is 3. The molecular formula is C34H31N3S4. The van der Waals surface area contributed by atoms with Crippen molar-refractivity contribution >= 4 is 102 Å². The number of thiophene rings is 4. The first-order valence-corrected chi connectivity index (χ1v) is 17.0. The predicted octanol–water partition coefficient (Wildman–Crippen LogP) is 11.8. The maximum atomic E-state index is 9.06. The topological polar surface area (TPSA) is 52.5 Å². The van der Waals surface area contributed by atoms with Crippen molar-refractivity contribution in [2.75, 3.05) is 0 Å². The summed E-state index contributed by atoms with van der Waals surface area (Å²) in [7, 11) is 0. The number of hydrogen-bond acceptors (Lipinski definition) is 6. The van der Waals surface area contributed by atoms with Crippen molar-refractivity contribution in [3.8, 4) is 12.1 Å². The van der Waals surface area contributed by atoms with Crippen LogP contribution in [0.25, 0.3) is 56.9 Å². The highest BCUT2D eigenvalue weighted by molar-refractivity contribution is 7.28. The van der Waals surface area contributed by atoms with Gasteiger partial charge in [-0.25, -0.2) is 0 Å². The molecule has 41 heavy (non-hydrogen) atoms. The molecule has 3 nitrogen and oxygen atoms in total. The number of rotatable bonds is 11. The van der Waals surface area contributed by atoms with E-state index in [9.17, 15) is 0 Å². The second-order valence-electron chi connectivity index (χ2n) is 9.96. The average molecular weight is 610 g/mol. The lowest BCUT2D eigenvalue weighted by Crippen LogP contribution is -1.96. The van der Waals surface area contributed by atoms with Crippen LogP contribution >= 0.6 is 45.3 Å². The quantitative estimate of drug-likeness (QED) is 0.110. The number of aryl methyl sites for hydroxylation is 1. The van der Waals surface area contributed by atoms with Crippen LogP contribution in [0.4, 0.5) is 0 Å². The second-order valence-corrected chi connectivity index (χ2v) is 14.4. The molecule has 0 aliphatic rings. The maximum absolute atomic E-state index is 9.06. The number of aromatic nitrogens is 1. The fourth-order valence-corrected chi connectivity index (χ4v) is 8.76. The van der Waals surface area contributed by atoms with E-state index in [2.05, 4.69) is 84.3 Å². The number of nitriles is 2. The monoisotopic (exact) mass is 609 g/mol. The fourth-order valence-electron chi connectivity index (χ4n) is 4.65. The van der Waals surface area contributed by atoms with Gasteiger partial charge in [0, 0.05) is 47.0 Å². The molecule has 0 atom stereocenters. The summed E-state index contributed by atoms with van der Waals surface area (Å²) in [5, 5.41) is 18.1. The minimum Gasteiger partial charge on any atom is -0.339 e. The number of allylic oxidation sites excluding steroid dienone is 2. The zero-order valence-corrected chi connectivity index (χ0v) is 26.7. The molecular weight excluding hydrogens is 579 g/mol. The Bertz CT molecular complexity index is 1750. The molecule has 0 saturated heterocycles. The van der Waals surface area contributed by atoms with Gasteiger partial charge in [-0.15, -0.1) is 45.3 Å². The molecule has 0 aliphatic carbocycles. The summed E-state index contributed by atoms with van der Waals surface area (Å²) in [5.41, 5.74) is 4.12. The summed E-state index contributed by atoms with van der Waals surface area (Å²) in [6.07, 6.45) is 17.6. The molecule has 0 amide bonds. The standard InChI is InChI=1S/C34H31N3S4/c1-4-5-6-7-16-37-31-19-29(14-10-25-8-12-27(38-25)17-23(2)21-35)40-33(31)34-32(37)20-30(41-34)15-11-26-9-13-28(39-26)18-24(3)22-36/h8-15,17-20H,4-7,16H2,1-3H3/b14-10+,15-11+,23-17-,24-18-. The van der Waals surface area contributed by atoms with Crippen molar-refractivity contribution in [3.63, 3.8) is 0 Å². The molecule has 0 unspecified atom stereocenters. The highest BCUT2D eigenvalue weighted by Crippen LogP contribution is 2.41. The highest BCUT2D eigenvalue weighted by Gasteiger charge is 2.16. The van der Waals surface area contributed by atoms with Crippen LogP contribution in [0.3, 0.4) is 0 Å². The van der Waals surface area contributed by atoms with Gasteiger partial charge in [0.25, 0.3) is 0 Å². The van der Waals surface area contributed by atoms with E-state index in [1.165, 1.54) is 65.6 Å². The van der Waals surface area contributed by atoms with Gasteiger partial charge in [0.15, 0.2) is 0 Å². The third-order valence-electron chi connectivity index (χ3n) is 6.68. The average Bonchev–Trinajstić information content (AvgIpc) is 3.79. The molecule has 0 aromatic carbocycles. The first-order valence-electron chi connectivity index (χ1n) is 13.8. The van der Waals surface area contributed by atoms with E-state index in [0.29, 0.717) is 0 Å². The van der Waals surface area contributed by atoms with E-state index < -0.39 is 0 Å². The van der Waals surface area contributed by atoms with Gasteiger partial charge < -0.3 is 4.57 Å². The molecule has 0 saturated carbocycles. The van der Waals surface area contributed by atoms with Crippen molar-refractivity contribution < 1.29 is 0 Å². The molecule has 0 N–H and O–H groups in total. The summed E-state index contributed by atoms with van der Waals surface area (Å²) in [6.45, 7) is 6.98. The van der Waals surface area contributed by atoms with Crippen LogP contribution in [0.1, 0.15) is 75.7 Å². The Balaban J connectivity index is 1.43.